The van der Waals surface area contributed by atoms with Gasteiger partial charge in [0.1, 0.15) is 23.4 Å². The Morgan fingerprint density at radius 1 is 1.06 bits per heavy atom. The fourth-order valence-corrected chi connectivity index (χ4v) is 3.61. The van der Waals surface area contributed by atoms with Crippen molar-refractivity contribution in [1.29, 1.82) is 0 Å². The summed E-state index contributed by atoms with van der Waals surface area (Å²) in [6, 6.07) is 3.93. The third-order valence-corrected chi connectivity index (χ3v) is 5.26. The summed E-state index contributed by atoms with van der Waals surface area (Å²) in [5, 5.41) is 15.2. The van der Waals surface area contributed by atoms with Gasteiger partial charge in [0.25, 0.3) is 0 Å². The van der Waals surface area contributed by atoms with Crippen molar-refractivity contribution >= 4 is 23.8 Å². The minimum absolute atomic E-state index is 0.0279. The van der Waals surface area contributed by atoms with Crippen LogP contribution in [0.4, 0.5) is 4.79 Å². The van der Waals surface area contributed by atoms with Crippen molar-refractivity contribution in [3.8, 4) is 5.75 Å². The van der Waals surface area contributed by atoms with E-state index in [4.69, 9.17) is 10.5 Å². The van der Waals surface area contributed by atoms with Crippen LogP contribution in [0.15, 0.2) is 24.3 Å². The maximum absolute atomic E-state index is 13.8. The first-order chi connectivity index (χ1) is 16.9. The van der Waals surface area contributed by atoms with Crippen molar-refractivity contribution in [2.24, 2.45) is 5.73 Å². The number of nitrogens with zero attached hydrogens (tertiary/aromatic N) is 1. The van der Waals surface area contributed by atoms with Crippen molar-refractivity contribution in [1.82, 2.24) is 15.5 Å². The largest absolute Gasteiger partial charge is 0.508 e. The lowest BCUT2D eigenvalue weighted by molar-refractivity contribution is -0.142. The summed E-state index contributed by atoms with van der Waals surface area (Å²) in [5.74, 6) is -1.50. The third kappa shape index (κ3) is 11.0. The Balaban J connectivity index is 3.34. The highest BCUT2D eigenvalue weighted by atomic mass is 16.6. The van der Waals surface area contributed by atoms with E-state index in [1.165, 1.54) is 17.0 Å². The lowest BCUT2D eigenvalue weighted by Gasteiger charge is -2.34. The van der Waals surface area contributed by atoms with Crippen LogP contribution in [0.5, 0.6) is 5.75 Å². The molecule has 0 bridgehead atoms. The van der Waals surface area contributed by atoms with Gasteiger partial charge in [-0.25, -0.2) is 4.79 Å². The summed E-state index contributed by atoms with van der Waals surface area (Å²) in [5.41, 5.74) is 5.02. The number of unbranched alkanes of at least 4 members (excludes halogenated alkanes) is 2. The Bertz CT molecular complexity index is 866. The molecule has 0 spiro atoms. The molecular weight excluding hydrogens is 464 g/mol. The van der Waals surface area contributed by atoms with Gasteiger partial charge >= 0.3 is 6.09 Å². The van der Waals surface area contributed by atoms with E-state index < -0.39 is 35.6 Å². The number of hydrogen-bond acceptors (Lipinski definition) is 6. The summed E-state index contributed by atoms with van der Waals surface area (Å²) < 4.78 is 5.30. The van der Waals surface area contributed by atoms with Crippen LogP contribution in [0.25, 0.3) is 0 Å². The Labute approximate surface area is 213 Å². The first kappa shape index (κ1) is 30.7. The number of carbonyl (C=O) groups is 4. The highest BCUT2D eigenvalue weighted by Crippen LogP contribution is 2.25. The average molecular weight is 507 g/mol. The summed E-state index contributed by atoms with van der Waals surface area (Å²) in [6.07, 6.45) is 2.29. The molecule has 1 aromatic rings. The SMILES string of the molecule is CCCCCNC(=O)C(c1ccc(O)cc1)N(CCC)C(=O)C(CCC(N)=O)NC(=O)OC(C)(C)C. The number of aromatic hydroxyl groups is 1. The molecule has 0 heterocycles. The van der Waals surface area contributed by atoms with Gasteiger partial charge in [-0.05, 0) is 57.7 Å². The van der Waals surface area contributed by atoms with Crippen LogP contribution in [0.2, 0.25) is 0 Å². The number of rotatable bonds is 14. The molecule has 1 rings (SSSR count). The second kappa shape index (κ2) is 15.0. The molecule has 1 aromatic carbocycles. The standard InChI is InChI=1S/C26H42N4O6/c1-6-8-9-16-28-23(33)22(18-10-12-19(31)13-11-18)30(17-7-2)24(34)20(14-15-21(27)32)29-25(35)36-26(3,4)5/h10-13,20,22,31H,6-9,14-17H2,1-5H3,(H2,27,32)(H,28,33)(H,29,35). The second-order valence-corrected chi connectivity index (χ2v) is 9.73. The molecule has 4 amide bonds. The summed E-state index contributed by atoms with van der Waals surface area (Å²) in [7, 11) is 0. The molecule has 0 saturated heterocycles. The van der Waals surface area contributed by atoms with Crippen molar-refractivity contribution in [3.05, 3.63) is 29.8 Å². The monoisotopic (exact) mass is 506 g/mol. The van der Waals surface area contributed by atoms with Crippen molar-refractivity contribution < 1.29 is 29.0 Å². The minimum atomic E-state index is -1.13. The molecule has 0 aliphatic carbocycles. The van der Waals surface area contributed by atoms with Gasteiger partial charge in [0.05, 0.1) is 0 Å². The van der Waals surface area contributed by atoms with E-state index in [-0.39, 0.29) is 31.0 Å². The smallest absolute Gasteiger partial charge is 0.408 e. The molecule has 0 aliphatic rings. The number of phenols is 1. The van der Waals surface area contributed by atoms with Gasteiger partial charge in [-0.3, -0.25) is 14.4 Å². The first-order valence-corrected chi connectivity index (χ1v) is 12.5. The van der Waals surface area contributed by atoms with Crippen LogP contribution in [0, 0.1) is 0 Å². The average Bonchev–Trinajstić information content (AvgIpc) is 2.78. The Morgan fingerprint density at radius 3 is 2.22 bits per heavy atom. The van der Waals surface area contributed by atoms with E-state index in [9.17, 15) is 24.3 Å². The maximum atomic E-state index is 13.8. The van der Waals surface area contributed by atoms with Crippen LogP contribution in [-0.2, 0) is 19.1 Å². The number of hydrogen-bond donors (Lipinski definition) is 4. The zero-order valence-electron chi connectivity index (χ0n) is 22.1. The highest BCUT2D eigenvalue weighted by Gasteiger charge is 2.36. The predicted octanol–water partition coefficient (Wildman–Crippen LogP) is 3.14. The molecule has 0 aliphatic heterocycles. The minimum Gasteiger partial charge on any atom is -0.508 e. The number of ether oxygens (including phenoxy) is 1. The van der Waals surface area contributed by atoms with Crippen molar-refractivity contribution in [3.63, 3.8) is 0 Å². The number of nitrogens with one attached hydrogen (secondary N) is 2. The molecule has 0 aromatic heterocycles. The van der Waals surface area contributed by atoms with E-state index >= 15 is 0 Å². The van der Waals surface area contributed by atoms with Gasteiger partial charge in [-0.2, -0.15) is 0 Å². The van der Waals surface area contributed by atoms with Gasteiger partial charge in [-0.15, -0.1) is 0 Å². The third-order valence-electron chi connectivity index (χ3n) is 5.26. The van der Waals surface area contributed by atoms with Gasteiger partial charge < -0.3 is 31.1 Å². The summed E-state index contributed by atoms with van der Waals surface area (Å²) in [6.45, 7) is 9.69. The second-order valence-electron chi connectivity index (χ2n) is 9.73. The van der Waals surface area contributed by atoms with E-state index in [2.05, 4.69) is 17.6 Å². The lowest BCUT2D eigenvalue weighted by Crippen LogP contribution is -2.53. The normalized spacial score (nSPS) is 12.8. The van der Waals surface area contributed by atoms with E-state index in [1.807, 2.05) is 6.92 Å². The van der Waals surface area contributed by atoms with Crippen molar-refractivity contribution in [2.75, 3.05) is 13.1 Å². The molecule has 202 valence electrons. The quantitative estimate of drug-likeness (QED) is 0.285. The lowest BCUT2D eigenvalue weighted by atomic mass is 10.0. The maximum Gasteiger partial charge on any atom is 0.408 e. The van der Waals surface area contributed by atoms with Gasteiger partial charge in [0.15, 0.2) is 0 Å². The molecule has 5 N–H and O–H groups in total. The van der Waals surface area contributed by atoms with Crippen LogP contribution >= 0.6 is 0 Å². The van der Waals surface area contributed by atoms with Crippen LogP contribution in [-0.4, -0.2) is 58.6 Å². The molecule has 2 unspecified atom stereocenters. The van der Waals surface area contributed by atoms with Gasteiger partial charge in [-0.1, -0.05) is 38.8 Å². The molecule has 0 saturated carbocycles. The molecule has 10 heteroatoms. The molecule has 36 heavy (non-hydrogen) atoms. The Hall–Kier alpha value is -3.30. The topological polar surface area (TPSA) is 151 Å². The van der Waals surface area contributed by atoms with E-state index in [0.29, 0.717) is 18.5 Å². The van der Waals surface area contributed by atoms with Crippen LogP contribution in [0.3, 0.4) is 0 Å². The fourth-order valence-electron chi connectivity index (χ4n) is 3.61. The number of alkyl carbamates (subject to hydrolysis) is 1. The van der Waals surface area contributed by atoms with Crippen molar-refractivity contribution in [2.45, 2.75) is 90.8 Å². The Morgan fingerprint density at radius 2 is 1.69 bits per heavy atom. The molecule has 0 fully saturated rings. The predicted molar refractivity (Wildman–Crippen MR) is 137 cm³/mol. The number of nitrogens with two attached hydrogens (primary N) is 1. The van der Waals surface area contributed by atoms with Gasteiger partial charge in [0.2, 0.25) is 17.7 Å². The number of carbonyl (C=O) groups excluding carboxylic acids is 4. The zero-order chi connectivity index (χ0) is 27.3. The van der Waals surface area contributed by atoms with E-state index in [1.54, 1.807) is 32.9 Å². The molecule has 10 nitrogen and oxygen atoms in total. The van der Waals surface area contributed by atoms with Gasteiger partial charge in [0, 0.05) is 19.5 Å². The number of benzene rings is 1. The number of phenolic OH excluding ortho intramolecular Hbond substituents is 1. The van der Waals surface area contributed by atoms with E-state index in [0.717, 1.165) is 19.3 Å². The highest BCUT2D eigenvalue weighted by molar-refractivity contribution is 5.92. The molecule has 0 radical (unpaired) electrons. The molecule has 2 atom stereocenters. The fraction of sp³-hybridized carbons (Fsp3) is 0.615. The number of amides is 4. The summed E-state index contributed by atoms with van der Waals surface area (Å²) in [4.78, 5) is 52.5. The van der Waals surface area contributed by atoms with Crippen LogP contribution < -0.4 is 16.4 Å². The Kier molecular flexibility index (Phi) is 12.8. The summed E-state index contributed by atoms with van der Waals surface area (Å²) >= 11 is 0. The number of primary amides is 1. The van der Waals surface area contributed by atoms with Crippen LogP contribution in [0.1, 0.15) is 84.7 Å². The first-order valence-electron chi connectivity index (χ1n) is 12.5. The zero-order valence-corrected chi connectivity index (χ0v) is 22.1. The molecular formula is C26H42N4O6.